The van der Waals surface area contributed by atoms with Crippen molar-refractivity contribution in [3.8, 4) is 0 Å². The molecule has 3 nitrogen and oxygen atoms in total. The van der Waals surface area contributed by atoms with Crippen molar-refractivity contribution < 1.29 is 9.53 Å². The number of rotatable bonds is 8. The maximum atomic E-state index is 11.4. The van der Waals surface area contributed by atoms with Crippen molar-refractivity contribution in [2.45, 2.75) is 32.3 Å². The first-order valence-corrected chi connectivity index (χ1v) is 7.86. The second kappa shape index (κ2) is 10.2. The molecule has 100 valence electrons. The van der Waals surface area contributed by atoms with E-state index in [1.54, 1.807) is 0 Å². The molecule has 0 fully saturated rings. The van der Waals surface area contributed by atoms with Crippen molar-refractivity contribution in [1.82, 2.24) is 5.32 Å². The van der Waals surface area contributed by atoms with Crippen molar-refractivity contribution in [3.63, 3.8) is 0 Å². The molecule has 1 aromatic carbocycles. The molecule has 0 heterocycles. The van der Waals surface area contributed by atoms with Gasteiger partial charge in [-0.05, 0) is 22.8 Å². The van der Waals surface area contributed by atoms with Crippen LogP contribution in [0.2, 0.25) is 0 Å². The van der Waals surface area contributed by atoms with Gasteiger partial charge < -0.3 is 10.1 Å². The topological polar surface area (TPSA) is 38.3 Å². The molecule has 1 N–H and O–H groups in total. The zero-order chi connectivity index (χ0) is 13.1. The summed E-state index contributed by atoms with van der Waals surface area (Å²) in [6.45, 7) is 1.04. The van der Waals surface area contributed by atoms with Gasteiger partial charge >= 0.3 is 6.09 Å². The van der Waals surface area contributed by atoms with Gasteiger partial charge in [-0.15, -0.1) is 0 Å². The number of unbranched alkanes of at least 4 members (excludes halogenated alkanes) is 3. The fourth-order valence-corrected chi connectivity index (χ4v) is 2.08. The van der Waals surface area contributed by atoms with Gasteiger partial charge in [0.05, 0.1) is 0 Å². The Morgan fingerprint density at radius 1 is 1.11 bits per heavy atom. The van der Waals surface area contributed by atoms with E-state index in [0.29, 0.717) is 13.2 Å². The highest BCUT2D eigenvalue weighted by Crippen LogP contribution is 2.02. The summed E-state index contributed by atoms with van der Waals surface area (Å²) in [5.74, 6) is 0. The van der Waals surface area contributed by atoms with Crippen LogP contribution in [0.25, 0.3) is 0 Å². The Morgan fingerprint density at radius 2 is 1.83 bits per heavy atom. The second-order valence-corrected chi connectivity index (χ2v) is 5.17. The highest BCUT2D eigenvalue weighted by molar-refractivity contribution is 14.1. The molecule has 0 aliphatic carbocycles. The third-order valence-corrected chi connectivity index (χ3v) is 3.31. The maximum Gasteiger partial charge on any atom is 0.407 e. The average Bonchev–Trinajstić information content (AvgIpc) is 2.41. The van der Waals surface area contributed by atoms with E-state index >= 15 is 0 Å². The van der Waals surface area contributed by atoms with E-state index in [4.69, 9.17) is 4.74 Å². The molecule has 1 rings (SSSR count). The van der Waals surface area contributed by atoms with E-state index in [1.165, 1.54) is 23.7 Å². The number of alkyl halides is 1. The van der Waals surface area contributed by atoms with E-state index in [-0.39, 0.29) is 6.09 Å². The highest BCUT2D eigenvalue weighted by Gasteiger charge is 2.01. The van der Waals surface area contributed by atoms with Gasteiger partial charge in [-0.25, -0.2) is 4.79 Å². The largest absolute Gasteiger partial charge is 0.445 e. The van der Waals surface area contributed by atoms with E-state index in [1.807, 2.05) is 30.3 Å². The number of carbonyl (C=O) groups excluding carboxylic acids is 1. The number of amides is 1. The predicted molar refractivity (Wildman–Crippen MR) is 82.0 cm³/mol. The number of carbonyl (C=O) groups is 1. The minimum Gasteiger partial charge on any atom is -0.445 e. The lowest BCUT2D eigenvalue weighted by molar-refractivity contribution is 0.139. The summed E-state index contributed by atoms with van der Waals surface area (Å²) >= 11 is 2.39. The van der Waals surface area contributed by atoms with Crippen molar-refractivity contribution in [2.24, 2.45) is 0 Å². The second-order valence-electron chi connectivity index (χ2n) is 4.09. The van der Waals surface area contributed by atoms with Gasteiger partial charge in [-0.3, -0.25) is 0 Å². The molecule has 0 atom stereocenters. The minimum atomic E-state index is -0.326. The first-order valence-electron chi connectivity index (χ1n) is 6.33. The smallest absolute Gasteiger partial charge is 0.407 e. The van der Waals surface area contributed by atoms with Gasteiger partial charge in [-0.1, -0.05) is 65.8 Å². The number of nitrogens with one attached hydrogen (secondary N) is 1. The first kappa shape index (κ1) is 15.3. The van der Waals surface area contributed by atoms with Crippen LogP contribution in [0.3, 0.4) is 0 Å². The number of alkyl carbamates (subject to hydrolysis) is 1. The molecule has 4 heteroatoms. The van der Waals surface area contributed by atoms with Crippen LogP contribution < -0.4 is 5.32 Å². The Morgan fingerprint density at radius 3 is 2.56 bits per heavy atom. The molecule has 0 aromatic heterocycles. The predicted octanol–water partition coefficient (Wildman–Crippen LogP) is 3.91. The molecule has 1 aromatic rings. The molecule has 18 heavy (non-hydrogen) atoms. The van der Waals surface area contributed by atoms with E-state index < -0.39 is 0 Å². The van der Waals surface area contributed by atoms with E-state index in [2.05, 4.69) is 27.9 Å². The molecule has 0 saturated heterocycles. The molecule has 0 bridgehead atoms. The van der Waals surface area contributed by atoms with Crippen LogP contribution in [0.5, 0.6) is 0 Å². The van der Waals surface area contributed by atoms with Crippen LogP contribution in [0, 0.1) is 0 Å². The molecule has 0 saturated carbocycles. The zero-order valence-electron chi connectivity index (χ0n) is 10.5. The van der Waals surface area contributed by atoms with Crippen LogP contribution in [-0.4, -0.2) is 17.1 Å². The Hall–Kier alpha value is -0.780. The molecule has 1 amide bonds. The van der Waals surface area contributed by atoms with Crippen LogP contribution in [-0.2, 0) is 11.3 Å². The Bertz CT molecular complexity index is 330. The molecule has 0 unspecified atom stereocenters. The van der Waals surface area contributed by atoms with Gasteiger partial charge in [-0.2, -0.15) is 0 Å². The lowest BCUT2D eigenvalue weighted by Crippen LogP contribution is -2.25. The monoisotopic (exact) mass is 361 g/mol. The van der Waals surface area contributed by atoms with Crippen LogP contribution in [0.15, 0.2) is 30.3 Å². The third-order valence-electron chi connectivity index (χ3n) is 2.54. The van der Waals surface area contributed by atoms with Crippen molar-refractivity contribution >= 4 is 28.7 Å². The summed E-state index contributed by atoms with van der Waals surface area (Å²) in [6.07, 6.45) is 4.37. The summed E-state index contributed by atoms with van der Waals surface area (Å²) in [4.78, 5) is 11.4. The Kier molecular flexibility index (Phi) is 8.63. The molecular formula is C14H20INO2. The fourth-order valence-electron chi connectivity index (χ4n) is 1.54. The SMILES string of the molecule is O=C(NCCCCCCI)OCc1ccccc1. The lowest BCUT2D eigenvalue weighted by atomic mass is 10.2. The summed E-state index contributed by atoms with van der Waals surface area (Å²) in [6, 6.07) is 9.70. The van der Waals surface area contributed by atoms with Crippen molar-refractivity contribution in [1.29, 1.82) is 0 Å². The normalized spacial score (nSPS) is 10.1. The van der Waals surface area contributed by atoms with Crippen LogP contribution in [0.4, 0.5) is 4.79 Å². The fraction of sp³-hybridized carbons (Fsp3) is 0.500. The van der Waals surface area contributed by atoms with Crippen molar-refractivity contribution in [3.05, 3.63) is 35.9 Å². The number of benzene rings is 1. The highest BCUT2D eigenvalue weighted by atomic mass is 127. The van der Waals surface area contributed by atoms with Crippen LogP contribution in [0.1, 0.15) is 31.2 Å². The summed E-state index contributed by atoms with van der Waals surface area (Å²) in [5, 5.41) is 2.77. The average molecular weight is 361 g/mol. The maximum absolute atomic E-state index is 11.4. The molecule has 0 aliphatic rings. The van der Waals surface area contributed by atoms with Gasteiger partial charge in [0.25, 0.3) is 0 Å². The van der Waals surface area contributed by atoms with Gasteiger partial charge in [0, 0.05) is 6.54 Å². The minimum absolute atomic E-state index is 0.326. The summed E-state index contributed by atoms with van der Waals surface area (Å²) in [7, 11) is 0. The number of ether oxygens (including phenoxy) is 1. The number of hydrogen-bond acceptors (Lipinski definition) is 2. The lowest BCUT2D eigenvalue weighted by Gasteiger charge is -2.06. The Labute approximate surface area is 122 Å². The van der Waals surface area contributed by atoms with Gasteiger partial charge in [0.2, 0.25) is 0 Å². The van der Waals surface area contributed by atoms with E-state index in [9.17, 15) is 4.79 Å². The summed E-state index contributed by atoms with van der Waals surface area (Å²) < 4.78 is 6.32. The third kappa shape index (κ3) is 7.53. The molecule has 0 aliphatic heterocycles. The van der Waals surface area contributed by atoms with E-state index in [0.717, 1.165) is 12.0 Å². The first-order chi connectivity index (χ1) is 8.83. The van der Waals surface area contributed by atoms with Gasteiger partial charge in [0.1, 0.15) is 6.61 Å². The van der Waals surface area contributed by atoms with Crippen molar-refractivity contribution in [2.75, 3.05) is 11.0 Å². The number of halogens is 1. The Balaban J connectivity index is 2.01. The zero-order valence-corrected chi connectivity index (χ0v) is 12.7. The molecule has 0 radical (unpaired) electrons. The number of hydrogen-bond donors (Lipinski definition) is 1. The van der Waals surface area contributed by atoms with Crippen LogP contribution >= 0.6 is 22.6 Å². The molecule has 0 spiro atoms. The summed E-state index contributed by atoms with van der Waals surface area (Å²) in [5.41, 5.74) is 1.01. The standard InChI is InChI=1S/C14H20INO2/c15-10-6-1-2-7-11-16-14(17)18-12-13-8-4-3-5-9-13/h3-5,8-9H,1-2,6-7,10-12H2,(H,16,17). The van der Waals surface area contributed by atoms with Gasteiger partial charge in [0.15, 0.2) is 0 Å². The molecular weight excluding hydrogens is 341 g/mol. The quantitative estimate of drug-likeness (QED) is 0.433.